The predicted molar refractivity (Wildman–Crippen MR) is 63.0 cm³/mol. The fourth-order valence-corrected chi connectivity index (χ4v) is 3.64. The van der Waals surface area contributed by atoms with Crippen LogP contribution in [0.2, 0.25) is 0 Å². The van der Waals surface area contributed by atoms with E-state index in [1.807, 2.05) is 6.92 Å². The second-order valence-corrected chi connectivity index (χ2v) is 6.40. The van der Waals surface area contributed by atoms with Crippen molar-refractivity contribution >= 4 is 10.0 Å². The third-order valence-corrected chi connectivity index (χ3v) is 4.80. The number of nitrogens with one attached hydrogen (secondary N) is 1. The average Bonchev–Trinajstić information content (AvgIpc) is 2.71. The van der Waals surface area contributed by atoms with Gasteiger partial charge in [-0.05, 0) is 13.3 Å². The molecule has 0 aromatic heterocycles. The van der Waals surface area contributed by atoms with Gasteiger partial charge in [0.2, 0.25) is 10.0 Å². The zero-order valence-electron chi connectivity index (χ0n) is 9.96. The lowest BCUT2D eigenvalue weighted by molar-refractivity contribution is -0.00929. The van der Waals surface area contributed by atoms with E-state index in [0.29, 0.717) is 19.1 Å². The van der Waals surface area contributed by atoms with Crippen LogP contribution in [0.15, 0.2) is 0 Å². The van der Waals surface area contributed by atoms with E-state index in [4.69, 9.17) is 15.2 Å². The highest BCUT2D eigenvalue weighted by atomic mass is 32.2. The quantitative estimate of drug-likeness (QED) is 0.604. The van der Waals surface area contributed by atoms with Crippen LogP contribution in [-0.4, -0.2) is 52.2 Å². The Morgan fingerprint density at radius 1 is 1.53 bits per heavy atom. The molecule has 3 N–H and O–H groups in total. The highest BCUT2D eigenvalue weighted by Crippen LogP contribution is 2.37. The van der Waals surface area contributed by atoms with Gasteiger partial charge in [-0.15, -0.1) is 0 Å². The Labute approximate surface area is 102 Å². The van der Waals surface area contributed by atoms with Gasteiger partial charge < -0.3 is 15.2 Å². The Hall–Kier alpha value is -0.210. The lowest BCUT2D eigenvalue weighted by atomic mass is 9.73. The molecule has 0 aromatic carbocycles. The Kier molecular flexibility index (Phi) is 4.04. The SMILES string of the molecule is CCOCCS(=O)(=O)NC1C(N)C2CCOC21. The normalized spacial score (nSPS) is 36.6. The summed E-state index contributed by atoms with van der Waals surface area (Å²) in [5, 5.41) is 0. The van der Waals surface area contributed by atoms with Crippen molar-refractivity contribution in [2.75, 3.05) is 25.6 Å². The van der Waals surface area contributed by atoms with Crippen molar-refractivity contribution in [1.82, 2.24) is 4.72 Å². The maximum atomic E-state index is 11.7. The average molecular weight is 264 g/mol. The minimum Gasteiger partial charge on any atom is -0.381 e. The fourth-order valence-electron chi connectivity index (χ4n) is 2.47. The third kappa shape index (κ3) is 2.79. The van der Waals surface area contributed by atoms with E-state index in [1.165, 1.54) is 0 Å². The van der Waals surface area contributed by atoms with Crippen molar-refractivity contribution in [3.63, 3.8) is 0 Å². The van der Waals surface area contributed by atoms with E-state index >= 15 is 0 Å². The van der Waals surface area contributed by atoms with Gasteiger partial charge in [-0.1, -0.05) is 0 Å². The molecule has 2 aliphatic rings. The number of hydrogen-bond acceptors (Lipinski definition) is 5. The molecule has 2 rings (SSSR count). The van der Waals surface area contributed by atoms with Crippen LogP contribution in [0.4, 0.5) is 0 Å². The number of nitrogens with two attached hydrogens (primary N) is 1. The first-order chi connectivity index (χ1) is 8.05. The molecule has 6 nitrogen and oxygen atoms in total. The van der Waals surface area contributed by atoms with Crippen LogP contribution in [0.3, 0.4) is 0 Å². The predicted octanol–water partition coefficient (Wildman–Crippen LogP) is -0.943. The monoisotopic (exact) mass is 264 g/mol. The van der Waals surface area contributed by atoms with Crippen molar-refractivity contribution in [2.45, 2.75) is 31.5 Å². The molecule has 17 heavy (non-hydrogen) atoms. The van der Waals surface area contributed by atoms with Crippen molar-refractivity contribution in [1.29, 1.82) is 0 Å². The fraction of sp³-hybridized carbons (Fsp3) is 1.00. The molecular weight excluding hydrogens is 244 g/mol. The van der Waals surface area contributed by atoms with Crippen molar-refractivity contribution in [3.05, 3.63) is 0 Å². The molecule has 0 bridgehead atoms. The number of ether oxygens (including phenoxy) is 2. The van der Waals surface area contributed by atoms with E-state index < -0.39 is 10.0 Å². The molecule has 1 saturated carbocycles. The molecule has 0 spiro atoms. The van der Waals surface area contributed by atoms with Crippen LogP contribution in [0.5, 0.6) is 0 Å². The molecule has 1 aliphatic heterocycles. The van der Waals surface area contributed by atoms with Gasteiger partial charge >= 0.3 is 0 Å². The van der Waals surface area contributed by atoms with Gasteiger partial charge in [-0.2, -0.15) is 0 Å². The van der Waals surface area contributed by atoms with Gasteiger partial charge in [0.15, 0.2) is 0 Å². The lowest BCUT2D eigenvalue weighted by Crippen LogP contribution is -2.69. The topological polar surface area (TPSA) is 90.7 Å². The van der Waals surface area contributed by atoms with E-state index in [9.17, 15) is 8.42 Å². The Morgan fingerprint density at radius 3 is 3.00 bits per heavy atom. The van der Waals surface area contributed by atoms with Crippen LogP contribution in [-0.2, 0) is 19.5 Å². The first-order valence-corrected chi connectivity index (χ1v) is 7.65. The molecule has 1 saturated heterocycles. The van der Waals surface area contributed by atoms with Crippen LogP contribution in [0.25, 0.3) is 0 Å². The number of fused-ring (bicyclic) bond motifs is 1. The summed E-state index contributed by atoms with van der Waals surface area (Å²) in [7, 11) is -3.32. The van der Waals surface area contributed by atoms with Crippen LogP contribution in [0, 0.1) is 5.92 Å². The summed E-state index contributed by atoms with van der Waals surface area (Å²) in [6.45, 7) is 3.24. The Balaban J connectivity index is 1.84. The van der Waals surface area contributed by atoms with Gasteiger partial charge in [0.05, 0.1) is 24.5 Å². The van der Waals surface area contributed by atoms with Crippen LogP contribution >= 0.6 is 0 Å². The van der Waals surface area contributed by atoms with Gasteiger partial charge in [0.1, 0.15) is 0 Å². The van der Waals surface area contributed by atoms with E-state index in [2.05, 4.69) is 4.72 Å². The molecule has 1 heterocycles. The maximum absolute atomic E-state index is 11.7. The van der Waals surface area contributed by atoms with Gasteiger partial charge in [0.25, 0.3) is 0 Å². The molecule has 0 radical (unpaired) electrons. The number of hydrogen-bond donors (Lipinski definition) is 2. The summed E-state index contributed by atoms with van der Waals surface area (Å²) in [6.07, 6.45) is 0.898. The molecule has 0 aromatic rings. The molecule has 4 atom stereocenters. The molecule has 1 aliphatic carbocycles. The third-order valence-electron chi connectivity index (χ3n) is 3.46. The molecule has 4 unspecified atom stereocenters. The summed E-state index contributed by atoms with van der Waals surface area (Å²) < 4.78 is 36.6. The van der Waals surface area contributed by atoms with Crippen LogP contribution in [0.1, 0.15) is 13.3 Å². The summed E-state index contributed by atoms with van der Waals surface area (Å²) >= 11 is 0. The summed E-state index contributed by atoms with van der Waals surface area (Å²) in [6, 6.07) is -0.390. The summed E-state index contributed by atoms with van der Waals surface area (Å²) in [5.74, 6) is 0.288. The van der Waals surface area contributed by atoms with Crippen molar-refractivity contribution in [3.8, 4) is 0 Å². The smallest absolute Gasteiger partial charge is 0.214 e. The first kappa shape index (κ1) is 13.2. The van der Waals surface area contributed by atoms with E-state index in [1.54, 1.807) is 0 Å². The highest BCUT2D eigenvalue weighted by Gasteiger charge is 2.53. The second-order valence-electron chi connectivity index (χ2n) is 4.52. The Morgan fingerprint density at radius 2 is 2.29 bits per heavy atom. The summed E-state index contributed by atoms with van der Waals surface area (Å²) in [5.41, 5.74) is 5.93. The summed E-state index contributed by atoms with van der Waals surface area (Å²) in [4.78, 5) is 0. The lowest BCUT2D eigenvalue weighted by Gasteiger charge is -2.45. The number of sulfonamides is 1. The second kappa shape index (κ2) is 5.19. The minimum absolute atomic E-state index is 0.0263. The first-order valence-electron chi connectivity index (χ1n) is 6.00. The van der Waals surface area contributed by atoms with Crippen LogP contribution < -0.4 is 10.5 Å². The zero-order chi connectivity index (χ0) is 12.5. The highest BCUT2D eigenvalue weighted by molar-refractivity contribution is 7.89. The van der Waals surface area contributed by atoms with Gasteiger partial charge in [-0.3, -0.25) is 0 Å². The van der Waals surface area contributed by atoms with Gasteiger partial charge in [-0.25, -0.2) is 13.1 Å². The van der Waals surface area contributed by atoms with Crippen molar-refractivity contribution < 1.29 is 17.9 Å². The molecule has 7 heteroatoms. The number of rotatable bonds is 6. The standard InChI is InChI=1S/C10H20N2O4S/c1-2-15-5-6-17(13,14)12-9-8(11)7-3-4-16-10(7)9/h7-10,12H,2-6,11H2,1H3. The van der Waals surface area contributed by atoms with E-state index in [0.717, 1.165) is 6.42 Å². The Bertz CT molecular complexity index is 359. The minimum atomic E-state index is -3.32. The zero-order valence-corrected chi connectivity index (χ0v) is 10.8. The molecule has 2 fully saturated rings. The van der Waals surface area contributed by atoms with Crippen molar-refractivity contribution in [2.24, 2.45) is 11.7 Å². The van der Waals surface area contributed by atoms with E-state index in [-0.39, 0.29) is 30.5 Å². The maximum Gasteiger partial charge on any atom is 0.214 e. The molecule has 100 valence electrons. The molecular formula is C10H20N2O4S. The largest absolute Gasteiger partial charge is 0.381 e. The molecule has 0 amide bonds. The van der Waals surface area contributed by atoms with Gasteiger partial charge in [0, 0.05) is 25.2 Å².